The smallest absolute Gasteiger partial charge is 0.375 e. The molecule has 0 saturated carbocycles. The number of fused-ring (bicyclic) bond motifs is 2. The molecule has 0 spiro atoms. The van der Waals surface area contributed by atoms with Crippen LogP contribution in [0.1, 0.15) is 28.6 Å². The zero-order valence-electron chi connectivity index (χ0n) is 16.6. The number of carbonyl (C=O) groups is 2. The highest BCUT2D eigenvalue weighted by Gasteiger charge is 2.22. The maximum Gasteiger partial charge on any atom is 0.375 e. The van der Waals surface area contributed by atoms with Gasteiger partial charge in [0.05, 0.1) is 0 Å². The van der Waals surface area contributed by atoms with Crippen LogP contribution in [0.2, 0.25) is 0 Å². The molecule has 1 amide bonds. The van der Waals surface area contributed by atoms with Crippen molar-refractivity contribution in [1.82, 2.24) is 4.90 Å². The lowest BCUT2D eigenvalue weighted by molar-refractivity contribution is -0.135. The van der Waals surface area contributed by atoms with Crippen LogP contribution < -0.4 is 9.47 Å². The number of carbonyl (C=O) groups excluding carboxylic acids is 2. The number of esters is 1. The summed E-state index contributed by atoms with van der Waals surface area (Å²) in [4.78, 5) is 26.5. The molecule has 0 atom stereocenters. The second-order valence-electron chi connectivity index (χ2n) is 6.87. The Morgan fingerprint density at radius 2 is 1.93 bits per heavy atom. The normalized spacial score (nSPS) is 12.2. The van der Waals surface area contributed by atoms with Gasteiger partial charge in [-0.2, -0.15) is 0 Å². The summed E-state index contributed by atoms with van der Waals surface area (Å²) in [5.41, 5.74) is 1.72. The third-order valence-corrected chi connectivity index (χ3v) is 4.96. The van der Waals surface area contributed by atoms with Crippen molar-refractivity contribution < 1.29 is 32.6 Å². The van der Waals surface area contributed by atoms with E-state index in [-0.39, 0.29) is 18.5 Å². The first kappa shape index (κ1) is 19.8. The average molecular weight is 413 g/mol. The number of hydrogen-bond donors (Lipinski definition) is 0. The molecule has 156 valence electrons. The first-order valence-corrected chi connectivity index (χ1v) is 9.48. The van der Waals surface area contributed by atoms with E-state index in [2.05, 4.69) is 0 Å². The SMILES string of the molecule is CCN(Cc1ccc2c(c1)OCO2)C(=O)COC(=O)c1oc2ccc(F)cc2c1C. The molecule has 30 heavy (non-hydrogen) atoms. The summed E-state index contributed by atoms with van der Waals surface area (Å²) in [7, 11) is 0. The Morgan fingerprint density at radius 1 is 1.13 bits per heavy atom. The van der Waals surface area contributed by atoms with Crippen LogP contribution in [-0.2, 0) is 16.1 Å². The number of aryl methyl sites for hydroxylation is 1. The second-order valence-corrected chi connectivity index (χ2v) is 6.87. The highest BCUT2D eigenvalue weighted by molar-refractivity contribution is 5.96. The summed E-state index contributed by atoms with van der Waals surface area (Å²) >= 11 is 0. The van der Waals surface area contributed by atoms with E-state index in [0.717, 1.165) is 5.56 Å². The maximum absolute atomic E-state index is 13.4. The molecule has 0 bridgehead atoms. The minimum absolute atomic E-state index is 0.0396. The van der Waals surface area contributed by atoms with Crippen molar-refractivity contribution in [3.8, 4) is 11.5 Å². The number of furan rings is 1. The van der Waals surface area contributed by atoms with Crippen molar-refractivity contribution >= 4 is 22.8 Å². The Labute approximate surface area is 171 Å². The lowest BCUT2D eigenvalue weighted by Crippen LogP contribution is -2.34. The van der Waals surface area contributed by atoms with Gasteiger partial charge in [0, 0.05) is 24.0 Å². The second kappa shape index (κ2) is 8.06. The Morgan fingerprint density at radius 3 is 2.73 bits per heavy atom. The minimum atomic E-state index is -0.767. The number of halogens is 1. The van der Waals surface area contributed by atoms with E-state index < -0.39 is 18.4 Å². The van der Waals surface area contributed by atoms with E-state index in [0.29, 0.717) is 41.1 Å². The molecule has 0 unspecified atom stereocenters. The highest BCUT2D eigenvalue weighted by Crippen LogP contribution is 2.33. The highest BCUT2D eigenvalue weighted by atomic mass is 19.1. The first-order valence-electron chi connectivity index (χ1n) is 9.48. The van der Waals surface area contributed by atoms with Gasteiger partial charge in [0.2, 0.25) is 12.6 Å². The molecule has 2 heterocycles. The molecule has 0 fully saturated rings. The van der Waals surface area contributed by atoms with E-state index in [4.69, 9.17) is 18.6 Å². The van der Waals surface area contributed by atoms with Crippen molar-refractivity contribution in [2.75, 3.05) is 19.9 Å². The fourth-order valence-electron chi connectivity index (χ4n) is 3.31. The molecule has 0 radical (unpaired) electrons. The molecule has 1 aliphatic rings. The molecule has 3 aromatic rings. The predicted molar refractivity (Wildman–Crippen MR) is 105 cm³/mol. The fourth-order valence-corrected chi connectivity index (χ4v) is 3.31. The number of nitrogens with zero attached hydrogens (tertiary/aromatic N) is 1. The molecule has 0 saturated heterocycles. The van der Waals surface area contributed by atoms with Crippen molar-refractivity contribution in [1.29, 1.82) is 0 Å². The van der Waals surface area contributed by atoms with Crippen LogP contribution >= 0.6 is 0 Å². The standard InChI is InChI=1S/C22H20FNO6/c1-3-24(10-14-4-6-18-19(8-14)29-12-28-18)20(25)11-27-22(26)21-13(2)16-9-15(23)5-7-17(16)30-21/h4-9H,3,10-12H2,1-2H3. The van der Waals surface area contributed by atoms with Gasteiger partial charge < -0.3 is 23.5 Å². The van der Waals surface area contributed by atoms with Gasteiger partial charge in [-0.1, -0.05) is 6.07 Å². The molecule has 8 heteroatoms. The summed E-state index contributed by atoms with van der Waals surface area (Å²) in [6, 6.07) is 9.46. The van der Waals surface area contributed by atoms with Gasteiger partial charge in [-0.25, -0.2) is 9.18 Å². The Hall–Kier alpha value is -3.55. The Kier molecular flexibility index (Phi) is 5.31. The predicted octanol–water partition coefficient (Wildman–Crippen LogP) is 3.81. The van der Waals surface area contributed by atoms with Crippen molar-refractivity contribution in [3.05, 3.63) is 59.1 Å². The molecule has 4 rings (SSSR count). The van der Waals surface area contributed by atoms with E-state index in [1.807, 2.05) is 19.1 Å². The number of hydrogen-bond acceptors (Lipinski definition) is 6. The van der Waals surface area contributed by atoms with Crippen LogP contribution in [-0.4, -0.2) is 36.7 Å². The third-order valence-electron chi connectivity index (χ3n) is 4.96. The topological polar surface area (TPSA) is 78.2 Å². The summed E-state index contributed by atoms with van der Waals surface area (Å²) in [5, 5.41) is 0.492. The largest absolute Gasteiger partial charge is 0.454 e. The van der Waals surface area contributed by atoms with Crippen molar-refractivity contribution in [2.24, 2.45) is 0 Å². The van der Waals surface area contributed by atoms with Crippen LogP contribution in [0, 0.1) is 12.7 Å². The summed E-state index contributed by atoms with van der Waals surface area (Å²) < 4.78 is 34.7. The van der Waals surface area contributed by atoms with Crippen molar-refractivity contribution in [3.63, 3.8) is 0 Å². The van der Waals surface area contributed by atoms with Gasteiger partial charge >= 0.3 is 5.97 Å². The third kappa shape index (κ3) is 3.80. The molecule has 7 nitrogen and oxygen atoms in total. The number of rotatable bonds is 6. The van der Waals surface area contributed by atoms with Gasteiger partial charge in [0.1, 0.15) is 11.4 Å². The van der Waals surface area contributed by atoms with Crippen molar-refractivity contribution in [2.45, 2.75) is 20.4 Å². The molecular weight excluding hydrogens is 393 g/mol. The van der Waals surface area contributed by atoms with Crippen LogP contribution in [0.15, 0.2) is 40.8 Å². The summed E-state index contributed by atoms with van der Waals surface area (Å²) in [5.74, 6) is -0.270. The number of benzene rings is 2. The van der Waals surface area contributed by atoms with Gasteiger partial charge in [-0.05, 0) is 49.7 Å². The van der Waals surface area contributed by atoms with Crippen LogP contribution in [0.5, 0.6) is 11.5 Å². The van der Waals surface area contributed by atoms with Crippen LogP contribution in [0.25, 0.3) is 11.0 Å². The summed E-state index contributed by atoms with van der Waals surface area (Å²) in [6.45, 7) is 4.01. The number of amides is 1. The van der Waals surface area contributed by atoms with Gasteiger partial charge in [0.25, 0.3) is 5.91 Å². The van der Waals surface area contributed by atoms with Crippen LogP contribution in [0.4, 0.5) is 4.39 Å². The molecule has 2 aromatic carbocycles. The molecular formula is C22H20FNO6. The minimum Gasteiger partial charge on any atom is -0.454 e. The van der Waals surface area contributed by atoms with E-state index in [9.17, 15) is 14.0 Å². The lowest BCUT2D eigenvalue weighted by Gasteiger charge is -2.21. The first-order chi connectivity index (χ1) is 14.5. The van der Waals surface area contributed by atoms with Gasteiger partial charge in [0.15, 0.2) is 18.1 Å². The monoisotopic (exact) mass is 413 g/mol. The number of likely N-dealkylation sites (N-methyl/N-ethyl adjacent to an activating group) is 1. The molecule has 1 aliphatic heterocycles. The summed E-state index contributed by atoms with van der Waals surface area (Å²) in [6.07, 6.45) is 0. The van der Waals surface area contributed by atoms with Gasteiger partial charge in [-0.15, -0.1) is 0 Å². The van der Waals surface area contributed by atoms with E-state index in [1.54, 1.807) is 17.9 Å². The maximum atomic E-state index is 13.4. The Bertz CT molecular complexity index is 1120. The lowest BCUT2D eigenvalue weighted by atomic mass is 10.1. The zero-order valence-corrected chi connectivity index (χ0v) is 16.6. The zero-order chi connectivity index (χ0) is 21.3. The van der Waals surface area contributed by atoms with Crippen LogP contribution in [0.3, 0.4) is 0 Å². The molecule has 1 aromatic heterocycles. The van der Waals surface area contributed by atoms with Gasteiger partial charge in [-0.3, -0.25) is 4.79 Å². The average Bonchev–Trinajstić information content (AvgIpc) is 3.34. The van der Waals surface area contributed by atoms with E-state index in [1.165, 1.54) is 18.2 Å². The molecule has 0 N–H and O–H groups in total. The quantitative estimate of drug-likeness (QED) is 0.572. The Balaban J connectivity index is 1.40. The number of ether oxygens (including phenoxy) is 3. The van der Waals surface area contributed by atoms with E-state index >= 15 is 0 Å². The molecule has 0 aliphatic carbocycles. The fraction of sp³-hybridized carbons (Fsp3) is 0.273.